The number of hydrogen-bond acceptors (Lipinski definition) is 4. The van der Waals surface area contributed by atoms with E-state index in [4.69, 9.17) is 9.72 Å². The molecule has 0 spiro atoms. The van der Waals surface area contributed by atoms with Gasteiger partial charge in [-0.05, 0) is 92.2 Å². The van der Waals surface area contributed by atoms with Crippen molar-refractivity contribution < 1.29 is 14.2 Å². The van der Waals surface area contributed by atoms with E-state index in [2.05, 4.69) is 4.90 Å². The van der Waals surface area contributed by atoms with Crippen LogP contribution in [0.2, 0.25) is 0 Å². The molecule has 1 N–H and O–H groups in total. The van der Waals surface area contributed by atoms with Crippen molar-refractivity contribution in [2.45, 2.75) is 19.3 Å². The minimum atomic E-state index is -0.287. The van der Waals surface area contributed by atoms with Crippen LogP contribution in [0.4, 0.5) is 4.39 Å². The second-order valence-corrected chi connectivity index (χ2v) is 8.54. The highest BCUT2D eigenvalue weighted by Crippen LogP contribution is 2.35. The Bertz CT molecular complexity index is 1230. The zero-order valence-corrected chi connectivity index (χ0v) is 18.5. The lowest BCUT2D eigenvalue weighted by Gasteiger charge is -2.26. The molecule has 5 rings (SSSR count). The maximum atomic E-state index is 13.9. The van der Waals surface area contributed by atoms with Gasteiger partial charge in [0.2, 0.25) is 0 Å². The van der Waals surface area contributed by atoms with E-state index in [-0.39, 0.29) is 11.6 Å². The third-order valence-corrected chi connectivity index (χ3v) is 6.21. The first kappa shape index (κ1) is 21.4. The molecule has 168 valence electrons. The molecular formula is C28H27FN2O2. The normalized spacial score (nSPS) is 14.5. The average Bonchev–Trinajstić information content (AvgIpc) is 2.85. The number of hydrogen-bond donors (Lipinski definition) is 1. The third-order valence-electron chi connectivity index (χ3n) is 6.21. The van der Waals surface area contributed by atoms with Crippen molar-refractivity contribution in [3.05, 3.63) is 78.6 Å². The lowest BCUT2D eigenvalue weighted by Crippen LogP contribution is -2.33. The first-order valence-corrected chi connectivity index (χ1v) is 11.5. The molecule has 33 heavy (non-hydrogen) atoms. The lowest BCUT2D eigenvalue weighted by molar-refractivity contribution is 0.183. The molecule has 4 nitrogen and oxygen atoms in total. The number of rotatable bonds is 6. The van der Waals surface area contributed by atoms with E-state index in [0.29, 0.717) is 6.61 Å². The van der Waals surface area contributed by atoms with E-state index >= 15 is 0 Å². The number of aromatic nitrogens is 1. The van der Waals surface area contributed by atoms with Crippen LogP contribution < -0.4 is 4.74 Å². The minimum Gasteiger partial charge on any atom is -0.508 e. The Balaban J connectivity index is 1.42. The van der Waals surface area contributed by atoms with Crippen LogP contribution in [0, 0.1) is 5.82 Å². The molecule has 0 radical (unpaired) electrons. The number of nitrogens with zero attached hydrogens (tertiary/aromatic N) is 2. The van der Waals surface area contributed by atoms with E-state index < -0.39 is 0 Å². The number of likely N-dealkylation sites (tertiary alicyclic amines) is 1. The molecule has 1 aliphatic heterocycles. The van der Waals surface area contributed by atoms with Crippen molar-refractivity contribution in [2.24, 2.45) is 0 Å². The van der Waals surface area contributed by atoms with Gasteiger partial charge >= 0.3 is 0 Å². The van der Waals surface area contributed by atoms with Gasteiger partial charge in [-0.3, -0.25) is 4.90 Å². The number of aromatic hydroxyl groups is 1. The van der Waals surface area contributed by atoms with Crippen molar-refractivity contribution in [2.75, 3.05) is 26.2 Å². The topological polar surface area (TPSA) is 45.6 Å². The van der Waals surface area contributed by atoms with E-state index in [9.17, 15) is 9.50 Å². The highest BCUT2D eigenvalue weighted by Gasteiger charge is 2.13. The first-order chi connectivity index (χ1) is 16.2. The van der Waals surface area contributed by atoms with Gasteiger partial charge in [-0.15, -0.1) is 0 Å². The molecule has 4 aromatic rings. The third kappa shape index (κ3) is 4.99. The summed E-state index contributed by atoms with van der Waals surface area (Å²) >= 11 is 0. The highest BCUT2D eigenvalue weighted by molar-refractivity contribution is 5.91. The maximum absolute atomic E-state index is 13.9. The van der Waals surface area contributed by atoms with Crippen LogP contribution in [-0.2, 0) is 0 Å². The Hall–Kier alpha value is -3.44. The lowest BCUT2D eigenvalue weighted by atomic mass is 9.97. The number of phenols is 1. The predicted octanol–water partition coefficient (Wildman–Crippen LogP) is 6.28. The number of fused-ring (bicyclic) bond motifs is 1. The van der Waals surface area contributed by atoms with Gasteiger partial charge in [-0.1, -0.05) is 18.6 Å². The number of ether oxygens (including phenoxy) is 1. The van der Waals surface area contributed by atoms with Gasteiger partial charge in [-0.25, -0.2) is 9.37 Å². The molecule has 5 heteroatoms. The predicted molar refractivity (Wildman–Crippen MR) is 130 cm³/mol. The molecule has 0 aliphatic carbocycles. The van der Waals surface area contributed by atoms with E-state index in [1.807, 2.05) is 42.5 Å². The van der Waals surface area contributed by atoms with Crippen molar-refractivity contribution in [3.63, 3.8) is 0 Å². The van der Waals surface area contributed by atoms with Gasteiger partial charge in [0, 0.05) is 23.1 Å². The van der Waals surface area contributed by atoms with Crippen molar-refractivity contribution in [3.8, 4) is 33.9 Å². The second-order valence-electron chi connectivity index (χ2n) is 8.54. The van der Waals surface area contributed by atoms with Crippen LogP contribution >= 0.6 is 0 Å². The smallest absolute Gasteiger partial charge is 0.123 e. The molecule has 0 bridgehead atoms. The van der Waals surface area contributed by atoms with Gasteiger partial charge in [0.25, 0.3) is 0 Å². The molecule has 1 aliphatic rings. The van der Waals surface area contributed by atoms with Crippen LogP contribution in [0.3, 0.4) is 0 Å². The number of pyridine rings is 1. The standard InChI is InChI=1S/C28H27FN2O2/c29-23-8-13-27-22(18-23)19-26(28(30-27)21-4-9-24(32)10-5-21)20-6-11-25(12-7-20)33-17-16-31-14-2-1-3-15-31/h4-13,18-19,32H,1-3,14-17H2. The number of piperidine rings is 1. The van der Waals surface area contributed by atoms with Gasteiger partial charge < -0.3 is 9.84 Å². The largest absolute Gasteiger partial charge is 0.508 e. The van der Waals surface area contributed by atoms with E-state index in [0.717, 1.165) is 58.7 Å². The quantitative estimate of drug-likeness (QED) is 0.382. The zero-order valence-electron chi connectivity index (χ0n) is 18.5. The summed E-state index contributed by atoms with van der Waals surface area (Å²) in [5, 5.41) is 10.4. The summed E-state index contributed by atoms with van der Waals surface area (Å²) in [5.41, 5.74) is 4.27. The van der Waals surface area contributed by atoms with Crippen LogP contribution in [0.25, 0.3) is 33.3 Å². The van der Waals surface area contributed by atoms with Crippen molar-refractivity contribution in [1.29, 1.82) is 0 Å². The molecule has 0 atom stereocenters. The van der Waals surface area contributed by atoms with Crippen LogP contribution in [0.1, 0.15) is 19.3 Å². The molecule has 2 heterocycles. The molecule has 0 unspecified atom stereocenters. The van der Waals surface area contributed by atoms with Crippen molar-refractivity contribution in [1.82, 2.24) is 9.88 Å². The van der Waals surface area contributed by atoms with E-state index in [1.165, 1.54) is 31.4 Å². The molecule has 1 aromatic heterocycles. The van der Waals surface area contributed by atoms with Crippen LogP contribution in [0.15, 0.2) is 72.8 Å². The number of halogens is 1. The average molecular weight is 443 g/mol. The molecular weight excluding hydrogens is 415 g/mol. The Kier molecular flexibility index (Phi) is 6.22. The molecule has 3 aromatic carbocycles. The Labute approximate surface area is 193 Å². The highest BCUT2D eigenvalue weighted by atomic mass is 19.1. The summed E-state index contributed by atoms with van der Waals surface area (Å²) in [6.45, 7) is 3.96. The SMILES string of the molecule is Oc1ccc(-c2nc3ccc(F)cc3cc2-c2ccc(OCCN3CCCCC3)cc2)cc1. The molecule has 1 saturated heterocycles. The summed E-state index contributed by atoms with van der Waals surface area (Å²) < 4.78 is 19.8. The Morgan fingerprint density at radius 2 is 1.58 bits per heavy atom. The van der Waals surface area contributed by atoms with Crippen LogP contribution in [0.5, 0.6) is 11.5 Å². The number of benzene rings is 3. The van der Waals surface area contributed by atoms with Crippen molar-refractivity contribution >= 4 is 10.9 Å². The fraction of sp³-hybridized carbons (Fsp3) is 0.250. The molecule has 0 amide bonds. The van der Waals surface area contributed by atoms with Gasteiger partial charge in [0.05, 0.1) is 11.2 Å². The summed E-state index contributed by atoms with van der Waals surface area (Å²) in [7, 11) is 0. The second kappa shape index (κ2) is 9.59. The fourth-order valence-corrected chi connectivity index (χ4v) is 4.41. The maximum Gasteiger partial charge on any atom is 0.123 e. The van der Waals surface area contributed by atoms with E-state index in [1.54, 1.807) is 18.2 Å². The number of phenolic OH excluding ortho intramolecular Hbond substituents is 1. The van der Waals surface area contributed by atoms with Gasteiger partial charge in [0.15, 0.2) is 0 Å². The first-order valence-electron chi connectivity index (χ1n) is 11.5. The Morgan fingerprint density at radius 1 is 0.848 bits per heavy atom. The van der Waals surface area contributed by atoms with Gasteiger partial charge in [-0.2, -0.15) is 0 Å². The molecule has 0 saturated carbocycles. The summed E-state index contributed by atoms with van der Waals surface area (Å²) in [4.78, 5) is 7.29. The zero-order chi connectivity index (χ0) is 22.6. The Morgan fingerprint density at radius 3 is 2.33 bits per heavy atom. The summed E-state index contributed by atoms with van der Waals surface area (Å²) in [5.74, 6) is 0.751. The van der Waals surface area contributed by atoms with Gasteiger partial charge in [0.1, 0.15) is 23.9 Å². The minimum absolute atomic E-state index is 0.203. The summed E-state index contributed by atoms with van der Waals surface area (Å²) in [6, 6.07) is 21.6. The summed E-state index contributed by atoms with van der Waals surface area (Å²) in [6.07, 6.45) is 3.89. The monoisotopic (exact) mass is 442 g/mol. The van der Waals surface area contributed by atoms with Crippen LogP contribution in [-0.4, -0.2) is 41.2 Å². The molecule has 1 fully saturated rings. The fourth-order valence-electron chi connectivity index (χ4n) is 4.41.